The van der Waals surface area contributed by atoms with Crippen molar-refractivity contribution in [3.8, 4) is 0 Å². The molecule has 2 amide bonds. The fraction of sp³-hybridized carbons (Fsp3) is 0.412. The first kappa shape index (κ1) is 16.0. The number of rotatable bonds is 3. The molecule has 1 atom stereocenters. The number of aromatic nitrogens is 2. The average molecular weight is 358 g/mol. The summed E-state index contributed by atoms with van der Waals surface area (Å²) >= 11 is 1.17. The Balaban J connectivity index is 1.44. The summed E-state index contributed by atoms with van der Waals surface area (Å²) in [6, 6.07) is 9.98. The Labute approximate surface area is 149 Å². The molecule has 0 bridgehead atoms. The van der Waals surface area contributed by atoms with E-state index in [4.69, 9.17) is 4.74 Å². The second kappa shape index (κ2) is 6.79. The zero-order valence-electron chi connectivity index (χ0n) is 13.6. The molecule has 8 heteroatoms. The minimum absolute atomic E-state index is 0.0521. The van der Waals surface area contributed by atoms with E-state index < -0.39 is 0 Å². The van der Waals surface area contributed by atoms with Crippen molar-refractivity contribution in [2.24, 2.45) is 0 Å². The Morgan fingerprint density at radius 2 is 1.96 bits per heavy atom. The van der Waals surface area contributed by atoms with Gasteiger partial charge in [-0.1, -0.05) is 34.8 Å². The second-order valence-electron chi connectivity index (χ2n) is 6.22. The number of likely N-dealkylation sites (tertiary alicyclic amines) is 1. The molecule has 0 spiro atoms. The highest BCUT2D eigenvalue weighted by Crippen LogP contribution is 2.33. The van der Waals surface area contributed by atoms with Crippen molar-refractivity contribution >= 4 is 23.5 Å². The van der Waals surface area contributed by atoms with Crippen LogP contribution < -0.4 is 0 Å². The third kappa shape index (κ3) is 3.09. The normalized spacial score (nSPS) is 21.4. The van der Waals surface area contributed by atoms with Gasteiger partial charge in [0.15, 0.2) is 5.69 Å². The molecule has 2 fully saturated rings. The lowest BCUT2D eigenvalue weighted by molar-refractivity contribution is 0.0630. The molecular weight excluding hydrogens is 340 g/mol. The molecule has 0 aliphatic carbocycles. The quantitative estimate of drug-likeness (QED) is 0.842. The Morgan fingerprint density at radius 1 is 1.20 bits per heavy atom. The molecule has 0 saturated carbocycles. The predicted molar refractivity (Wildman–Crippen MR) is 91.2 cm³/mol. The van der Waals surface area contributed by atoms with Crippen molar-refractivity contribution in [1.82, 2.24) is 19.4 Å². The van der Waals surface area contributed by atoms with E-state index in [0.29, 0.717) is 25.4 Å². The van der Waals surface area contributed by atoms with E-state index in [9.17, 15) is 9.59 Å². The van der Waals surface area contributed by atoms with Crippen LogP contribution in [0.25, 0.3) is 0 Å². The van der Waals surface area contributed by atoms with E-state index in [0.717, 1.165) is 18.4 Å². The van der Waals surface area contributed by atoms with E-state index in [1.165, 1.54) is 11.5 Å². The molecule has 25 heavy (non-hydrogen) atoms. The first-order valence-corrected chi connectivity index (χ1v) is 9.14. The molecular formula is C17H18N4O3S. The van der Waals surface area contributed by atoms with Crippen molar-refractivity contribution in [3.63, 3.8) is 0 Å². The van der Waals surface area contributed by atoms with Crippen LogP contribution in [0.2, 0.25) is 0 Å². The van der Waals surface area contributed by atoms with Gasteiger partial charge in [0.05, 0.1) is 6.04 Å². The number of benzene rings is 1. The molecule has 2 aliphatic heterocycles. The first-order valence-electron chi connectivity index (χ1n) is 8.30. The highest BCUT2D eigenvalue weighted by Gasteiger charge is 2.40. The number of carbonyl (C=O) groups excluding carboxylic acids is 2. The van der Waals surface area contributed by atoms with Gasteiger partial charge >= 0.3 is 6.09 Å². The molecule has 2 saturated heterocycles. The molecule has 1 aromatic carbocycles. The number of nitrogens with zero attached hydrogens (tertiary/aromatic N) is 4. The fourth-order valence-corrected chi connectivity index (χ4v) is 3.96. The van der Waals surface area contributed by atoms with Crippen LogP contribution in [0.5, 0.6) is 0 Å². The molecule has 7 nitrogen and oxygen atoms in total. The maximum atomic E-state index is 12.4. The number of hydrogen-bond acceptors (Lipinski definition) is 6. The second-order valence-corrected chi connectivity index (χ2v) is 6.83. The molecule has 1 aromatic heterocycles. The smallest absolute Gasteiger partial charge is 0.410 e. The molecule has 0 N–H and O–H groups in total. The minimum atomic E-state index is -0.262. The monoisotopic (exact) mass is 358 g/mol. The van der Waals surface area contributed by atoms with Gasteiger partial charge < -0.3 is 9.64 Å². The van der Waals surface area contributed by atoms with Crippen molar-refractivity contribution in [2.75, 3.05) is 19.7 Å². The summed E-state index contributed by atoms with van der Waals surface area (Å²) < 4.78 is 9.05. The summed E-state index contributed by atoms with van der Waals surface area (Å²) in [5.74, 6) is -0.0872. The Bertz CT molecular complexity index is 745. The van der Waals surface area contributed by atoms with Crippen LogP contribution in [-0.4, -0.2) is 57.1 Å². The lowest BCUT2D eigenvalue weighted by Gasteiger charge is -2.37. The van der Waals surface area contributed by atoms with Gasteiger partial charge in [-0.3, -0.25) is 9.69 Å². The van der Waals surface area contributed by atoms with E-state index in [-0.39, 0.29) is 24.1 Å². The maximum absolute atomic E-state index is 12.4. The maximum Gasteiger partial charge on any atom is 0.410 e. The molecule has 1 unspecified atom stereocenters. The molecule has 2 aliphatic rings. The lowest BCUT2D eigenvalue weighted by atomic mass is 9.99. The van der Waals surface area contributed by atoms with Gasteiger partial charge in [0.2, 0.25) is 0 Å². The summed E-state index contributed by atoms with van der Waals surface area (Å²) in [6.07, 6.45) is 1.21. The summed E-state index contributed by atoms with van der Waals surface area (Å²) in [4.78, 5) is 28.3. The summed E-state index contributed by atoms with van der Waals surface area (Å²) in [5, 5.41) is 5.51. The van der Waals surface area contributed by atoms with Crippen molar-refractivity contribution < 1.29 is 14.3 Å². The van der Waals surface area contributed by atoms with E-state index in [1.54, 1.807) is 10.3 Å². The fourth-order valence-electron chi connectivity index (χ4n) is 3.53. The van der Waals surface area contributed by atoms with Gasteiger partial charge in [0, 0.05) is 24.5 Å². The van der Waals surface area contributed by atoms with E-state index >= 15 is 0 Å². The molecule has 130 valence electrons. The SMILES string of the molecule is O=C(c1csnn1)N1CCC(N2C(=O)OCC2c2ccccc2)CC1. The van der Waals surface area contributed by atoms with Gasteiger partial charge in [-0.2, -0.15) is 0 Å². The Hall–Kier alpha value is -2.48. The molecule has 3 heterocycles. The van der Waals surface area contributed by atoms with E-state index in [2.05, 4.69) is 9.59 Å². The van der Waals surface area contributed by atoms with Gasteiger partial charge in [-0.05, 0) is 29.9 Å². The molecule has 4 rings (SSSR count). The number of cyclic esters (lactones) is 1. The van der Waals surface area contributed by atoms with Crippen molar-refractivity contribution in [3.05, 3.63) is 47.0 Å². The zero-order valence-corrected chi connectivity index (χ0v) is 14.4. The number of hydrogen-bond donors (Lipinski definition) is 0. The number of ether oxygens (including phenoxy) is 1. The summed E-state index contributed by atoms with van der Waals surface area (Å²) in [6.45, 7) is 1.59. The molecule has 0 radical (unpaired) electrons. The Kier molecular flexibility index (Phi) is 4.35. The van der Waals surface area contributed by atoms with Crippen molar-refractivity contribution in [1.29, 1.82) is 0 Å². The Morgan fingerprint density at radius 3 is 2.64 bits per heavy atom. The topological polar surface area (TPSA) is 75.6 Å². The van der Waals surface area contributed by atoms with Crippen LogP contribution in [0.3, 0.4) is 0 Å². The number of amides is 2. The van der Waals surface area contributed by atoms with Gasteiger partial charge in [0.25, 0.3) is 5.91 Å². The standard InChI is InChI=1S/C17H18N4O3S/c22-16(14-11-25-19-18-14)20-8-6-13(7-9-20)21-15(10-24-17(21)23)12-4-2-1-3-5-12/h1-5,11,13,15H,6-10H2. The summed E-state index contributed by atoms with van der Waals surface area (Å²) in [7, 11) is 0. The largest absolute Gasteiger partial charge is 0.447 e. The number of carbonyl (C=O) groups is 2. The van der Waals surface area contributed by atoms with Crippen LogP contribution in [0.4, 0.5) is 4.79 Å². The van der Waals surface area contributed by atoms with Crippen LogP contribution in [0, 0.1) is 0 Å². The first-order chi connectivity index (χ1) is 12.2. The average Bonchev–Trinajstić information content (AvgIpc) is 3.32. The van der Waals surface area contributed by atoms with Gasteiger partial charge in [-0.15, -0.1) is 5.10 Å². The van der Waals surface area contributed by atoms with Gasteiger partial charge in [0.1, 0.15) is 6.61 Å². The lowest BCUT2D eigenvalue weighted by Crippen LogP contribution is -2.47. The van der Waals surface area contributed by atoms with Crippen LogP contribution in [0.1, 0.15) is 34.9 Å². The van der Waals surface area contributed by atoms with Crippen LogP contribution in [-0.2, 0) is 4.74 Å². The highest BCUT2D eigenvalue weighted by atomic mass is 32.1. The third-order valence-electron chi connectivity index (χ3n) is 4.82. The van der Waals surface area contributed by atoms with Crippen LogP contribution in [0.15, 0.2) is 35.7 Å². The van der Waals surface area contributed by atoms with Gasteiger partial charge in [-0.25, -0.2) is 4.79 Å². The minimum Gasteiger partial charge on any atom is -0.447 e. The van der Waals surface area contributed by atoms with Crippen molar-refractivity contribution in [2.45, 2.75) is 24.9 Å². The highest BCUT2D eigenvalue weighted by molar-refractivity contribution is 7.03. The zero-order chi connectivity index (χ0) is 17.2. The van der Waals surface area contributed by atoms with E-state index in [1.807, 2.05) is 35.2 Å². The summed E-state index contributed by atoms with van der Waals surface area (Å²) in [5.41, 5.74) is 1.48. The number of piperidine rings is 1. The third-order valence-corrected chi connectivity index (χ3v) is 5.32. The van der Waals surface area contributed by atoms with Crippen LogP contribution >= 0.6 is 11.5 Å². The molecule has 2 aromatic rings. The predicted octanol–water partition coefficient (Wildman–Crippen LogP) is 2.34.